The number of halogens is 1. The molecule has 0 aliphatic heterocycles. The number of hydrogen-bond donors (Lipinski definition) is 0. The molecule has 0 saturated carbocycles. The molecule has 0 N–H and O–H groups in total. The zero-order chi connectivity index (χ0) is 9.68. The summed E-state index contributed by atoms with van der Waals surface area (Å²) in [6, 6.07) is 6.98. The van der Waals surface area contributed by atoms with Crippen molar-refractivity contribution in [2.45, 2.75) is 0 Å². The Hall–Kier alpha value is -1.28. The van der Waals surface area contributed by atoms with E-state index < -0.39 is 0 Å². The summed E-state index contributed by atoms with van der Waals surface area (Å²) in [6.45, 7) is 0. The van der Waals surface area contributed by atoms with E-state index in [1.54, 1.807) is 30.3 Å². The van der Waals surface area contributed by atoms with Gasteiger partial charge in [-0.3, -0.25) is 0 Å². The van der Waals surface area contributed by atoms with Crippen LogP contribution in [0.5, 0.6) is 0 Å². The van der Waals surface area contributed by atoms with Crippen molar-refractivity contribution in [2.75, 3.05) is 7.11 Å². The van der Waals surface area contributed by atoms with Gasteiger partial charge in [-0.25, -0.2) is 4.79 Å². The molecule has 0 fully saturated rings. The van der Waals surface area contributed by atoms with E-state index in [1.165, 1.54) is 12.6 Å². The average molecular weight is 197 g/mol. The quantitative estimate of drug-likeness (QED) is 0.680. The number of carbonyl (C=O) groups excluding carboxylic acids is 1. The Morgan fingerprint density at radius 1 is 1.38 bits per heavy atom. The van der Waals surface area contributed by atoms with Gasteiger partial charge in [0.05, 0.1) is 12.7 Å². The van der Waals surface area contributed by atoms with Crippen LogP contribution in [0.1, 0.15) is 15.9 Å². The Morgan fingerprint density at radius 3 is 2.46 bits per heavy atom. The van der Waals surface area contributed by atoms with E-state index in [-0.39, 0.29) is 5.97 Å². The minimum absolute atomic E-state index is 0.332. The second-order valence-electron chi connectivity index (χ2n) is 2.41. The van der Waals surface area contributed by atoms with E-state index in [9.17, 15) is 4.79 Å². The molecule has 13 heavy (non-hydrogen) atoms. The molecule has 0 saturated heterocycles. The van der Waals surface area contributed by atoms with E-state index in [0.717, 1.165) is 5.56 Å². The molecule has 0 aliphatic carbocycles. The molecule has 0 aliphatic rings. The van der Waals surface area contributed by atoms with E-state index in [0.29, 0.717) is 5.56 Å². The van der Waals surface area contributed by atoms with Crippen LogP contribution in [0.2, 0.25) is 0 Å². The monoisotopic (exact) mass is 196 g/mol. The Balaban J connectivity index is 2.87. The van der Waals surface area contributed by atoms with Crippen LogP contribution in [-0.4, -0.2) is 13.1 Å². The van der Waals surface area contributed by atoms with Gasteiger partial charge < -0.3 is 4.74 Å². The fraction of sp³-hybridized carbons (Fsp3) is 0.100. The maximum Gasteiger partial charge on any atom is 0.337 e. The van der Waals surface area contributed by atoms with Crippen molar-refractivity contribution in [3.05, 3.63) is 40.9 Å². The van der Waals surface area contributed by atoms with Crippen LogP contribution in [0, 0.1) is 0 Å². The van der Waals surface area contributed by atoms with E-state index in [1.807, 2.05) is 0 Å². The minimum Gasteiger partial charge on any atom is -0.465 e. The maximum atomic E-state index is 11.0. The summed E-state index contributed by atoms with van der Waals surface area (Å²) in [4.78, 5) is 11.0. The van der Waals surface area contributed by atoms with Crippen molar-refractivity contribution >= 4 is 23.6 Å². The molecular weight excluding hydrogens is 188 g/mol. The number of hydrogen-bond acceptors (Lipinski definition) is 2. The van der Waals surface area contributed by atoms with E-state index in [2.05, 4.69) is 4.74 Å². The Labute approximate surface area is 81.8 Å². The molecule has 3 heteroatoms. The zero-order valence-corrected chi connectivity index (χ0v) is 7.91. The molecule has 0 spiro atoms. The maximum absolute atomic E-state index is 11.0. The Bertz CT molecular complexity index is 314. The fourth-order valence-corrected chi connectivity index (χ4v) is 1.07. The van der Waals surface area contributed by atoms with Gasteiger partial charge in [-0.1, -0.05) is 23.7 Å². The molecule has 0 unspecified atom stereocenters. The van der Waals surface area contributed by atoms with Gasteiger partial charge in [0.2, 0.25) is 0 Å². The molecule has 0 bridgehead atoms. The third-order valence-electron chi connectivity index (χ3n) is 1.59. The van der Waals surface area contributed by atoms with Gasteiger partial charge in [-0.05, 0) is 23.8 Å². The molecule has 0 amide bonds. The highest BCUT2D eigenvalue weighted by atomic mass is 35.5. The average Bonchev–Trinajstić information content (AvgIpc) is 2.18. The van der Waals surface area contributed by atoms with Gasteiger partial charge >= 0.3 is 5.97 Å². The molecule has 1 aromatic carbocycles. The fourth-order valence-electron chi connectivity index (χ4n) is 0.921. The molecule has 2 nitrogen and oxygen atoms in total. The first-order valence-corrected chi connectivity index (χ1v) is 4.16. The van der Waals surface area contributed by atoms with E-state index in [4.69, 9.17) is 11.6 Å². The van der Waals surface area contributed by atoms with Crippen molar-refractivity contribution < 1.29 is 9.53 Å². The van der Waals surface area contributed by atoms with Crippen LogP contribution in [0.15, 0.2) is 29.8 Å². The summed E-state index contributed by atoms with van der Waals surface area (Å²) in [6.07, 6.45) is 1.74. The molecule has 1 rings (SSSR count). The lowest BCUT2D eigenvalue weighted by atomic mass is 10.1. The lowest BCUT2D eigenvalue weighted by molar-refractivity contribution is 0.0601. The molecule has 1 aromatic rings. The molecule has 0 heterocycles. The van der Waals surface area contributed by atoms with Crippen molar-refractivity contribution in [2.24, 2.45) is 0 Å². The van der Waals surface area contributed by atoms with Crippen molar-refractivity contribution in [3.63, 3.8) is 0 Å². The SMILES string of the molecule is COC(=O)c1ccc(/C=C/Cl)cc1. The molecule has 0 atom stereocenters. The third kappa shape index (κ3) is 2.60. The second-order valence-corrected chi connectivity index (χ2v) is 2.66. The van der Waals surface area contributed by atoms with Crippen molar-refractivity contribution in [1.29, 1.82) is 0 Å². The zero-order valence-electron chi connectivity index (χ0n) is 7.16. The highest BCUT2D eigenvalue weighted by molar-refractivity contribution is 6.27. The van der Waals surface area contributed by atoms with Gasteiger partial charge in [0.1, 0.15) is 0 Å². The Morgan fingerprint density at radius 2 is 2.00 bits per heavy atom. The first-order chi connectivity index (χ1) is 6.27. The number of esters is 1. The summed E-state index contributed by atoms with van der Waals surface area (Å²) in [5.41, 5.74) is 2.91. The number of methoxy groups -OCH3 is 1. The lowest BCUT2D eigenvalue weighted by Gasteiger charge is -1.98. The highest BCUT2D eigenvalue weighted by Gasteiger charge is 2.02. The number of carbonyl (C=O) groups is 1. The first-order valence-electron chi connectivity index (χ1n) is 3.73. The lowest BCUT2D eigenvalue weighted by Crippen LogP contribution is -2.00. The first kappa shape index (κ1) is 9.81. The van der Waals surface area contributed by atoms with Crippen LogP contribution in [-0.2, 0) is 4.74 Å². The predicted molar refractivity (Wildman–Crippen MR) is 52.7 cm³/mol. The van der Waals surface area contributed by atoms with Gasteiger partial charge in [0, 0.05) is 5.54 Å². The summed E-state index contributed by atoms with van der Waals surface area (Å²) >= 11 is 5.39. The topological polar surface area (TPSA) is 26.3 Å². The van der Waals surface area contributed by atoms with Crippen LogP contribution >= 0.6 is 11.6 Å². The van der Waals surface area contributed by atoms with Crippen LogP contribution in [0.4, 0.5) is 0 Å². The summed E-state index contributed by atoms with van der Waals surface area (Å²) in [5.74, 6) is -0.332. The van der Waals surface area contributed by atoms with Gasteiger partial charge in [-0.15, -0.1) is 0 Å². The number of ether oxygens (including phenoxy) is 1. The van der Waals surface area contributed by atoms with Crippen LogP contribution in [0.25, 0.3) is 6.08 Å². The van der Waals surface area contributed by atoms with Gasteiger partial charge in [0.15, 0.2) is 0 Å². The summed E-state index contributed by atoms with van der Waals surface area (Å²) in [7, 11) is 1.36. The van der Waals surface area contributed by atoms with Crippen LogP contribution in [0.3, 0.4) is 0 Å². The molecular formula is C10H9ClO2. The second kappa shape index (κ2) is 4.67. The smallest absolute Gasteiger partial charge is 0.337 e. The van der Waals surface area contributed by atoms with Gasteiger partial charge in [-0.2, -0.15) is 0 Å². The largest absolute Gasteiger partial charge is 0.465 e. The third-order valence-corrected chi connectivity index (χ3v) is 1.71. The molecule has 68 valence electrons. The van der Waals surface area contributed by atoms with Crippen molar-refractivity contribution in [1.82, 2.24) is 0 Å². The van der Waals surface area contributed by atoms with E-state index >= 15 is 0 Å². The number of rotatable bonds is 2. The number of benzene rings is 1. The molecule has 0 radical (unpaired) electrons. The standard InChI is InChI=1S/C10H9ClO2/c1-13-10(12)9-4-2-8(3-5-9)6-7-11/h2-7H,1H3/b7-6+. The van der Waals surface area contributed by atoms with Crippen molar-refractivity contribution in [3.8, 4) is 0 Å². The highest BCUT2D eigenvalue weighted by Crippen LogP contribution is 2.07. The Kier molecular flexibility index (Phi) is 3.53. The van der Waals surface area contributed by atoms with Crippen LogP contribution < -0.4 is 0 Å². The predicted octanol–water partition coefficient (Wildman–Crippen LogP) is 2.68. The summed E-state index contributed by atoms with van der Waals surface area (Å²) < 4.78 is 4.55. The minimum atomic E-state index is -0.332. The summed E-state index contributed by atoms with van der Waals surface area (Å²) in [5, 5.41) is 0. The van der Waals surface area contributed by atoms with Gasteiger partial charge in [0.25, 0.3) is 0 Å². The molecule has 0 aromatic heterocycles. The normalized spacial score (nSPS) is 10.3.